The van der Waals surface area contributed by atoms with E-state index in [1.165, 1.54) is 24.4 Å². The smallest absolute Gasteiger partial charge is 0.150 e. The first kappa shape index (κ1) is 9.28. The summed E-state index contributed by atoms with van der Waals surface area (Å²) in [7, 11) is 0. The zero-order valence-corrected chi connectivity index (χ0v) is 9.24. The van der Waals surface area contributed by atoms with Crippen LogP contribution in [0.25, 0.3) is 0 Å². The molecule has 1 aromatic carbocycles. The molecule has 2 fully saturated rings. The molecule has 2 aliphatic rings. The first-order valence-electron chi connectivity index (χ1n) is 5.30. The summed E-state index contributed by atoms with van der Waals surface area (Å²) in [6, 6.07) is 8.66. The van der Waals surface area contributed by atoms with Gasteiger partial charge in [0.1, 0.15) is 6.29 Å². The maximum atomic E-state index is 10.5. The molecule has 3 rings (SSSR count). The lowest BCUT2D eigenvalue weighted by Gasteiger charge is -2.28. The minimum atomic E-state index is 0.724. The van der Waals surface area contributed by atoms with Gasteiger partial charge in [0.05, 0.1) is 0 Å². The fourth-order valence-electron chi connectivity index (χ4n) is 2.46. The second kappa shape index (κ2) is 3.56. The Balaban J connectivity index is 1.84. The fourth-order valence-corrected chi connectivity index (χ4v) is 3.89. The summed E-state index contributed by atoms with van der Waals surface area (Å²) in [6.07, 6.45) is 2.23. The van der Waals surface area contributed by atoms with Crippen molar-refractivity contribution in [2.75, 3.05) is 17.2 Å². The predicted octanol–water partition coefficient (Wildman–Crippen LogP) is 2.19. The first-order chi connectivity index (χ1) is 7.36. The SMILES string of the molecule is O=Cc1ccc(N2CC3CC2CS3)cc1. The molecule has 2 saturated heterocycles. The minimum absolute atomic E-state index is 0.724. The van der Waals surface area contributed by atoms with Crippen LogP contribution in [0.2, 0.25) is 0 Å². The van der Waals surface area contributed by atoms with Crippen LogP contribution in [0, 0.1) is 0 Å². The highest BCUT2D eigenvalue weighted by atomic mass is 32.2. The molecule has 2 bridgehead atoms. The fraction of sp³-hybridized carbons (Fsp3) is 0.417. The van der Waals surface area contributed by atoms with Gasteiger partial charge in [-0.15, -0.1) is 0 Å². The molecule has 0 saturated carbocycles. The van der Waals surface area contributed by atoms with Crippen LogP contribution in [0.5, 0.6) is 0 Å². The van der Waals surface area contributed by atoms with Gasteiger partial charge in [0.25, 0.3) is 0 Å². The van der Waals surface area contributed by atoms with Crippen LogP contribution >= 0.6 is 11.8 Å². The van der Waals surface area contributed by atoms with E-state index in [1.807, 2.05) is 12.1 Å². The number of carbonyl (C=O) groups is 1. The average molecular weight is 219 g/mol. The third-order valence-electron chi connectivity index (χ3n) is 3.26. The van der Waals surface area contributed by atoms with Gasteiger partial charge >= 0.3 is 0 Å². The van der Waals surface area contributed by atoms with Crippen LogP contribution in [0.15, 0.2) is 24.3 Å². The summed E-state index contributed by atoms with van der Waals surface area (Å²) in [5, 5.41) is 0.834. The van der Waals surface area contributed by atoms with Crippen molar-refractivity contribution in [1.82, 2.24) is 0 Å². The Morgan fingerprint density at radius 2 is 2.13 bits per heavy atom. The topological polar surface area (TPSA) is 20.3 Å². The number of nitrogens with zero attached hydrogens (tertiary/aromatic N) is 1. The van der Waals surface area contributed by atoms with Crippen molar-refractivity contribution < 1.29 is 4.79 Å². The molecule has 2 nitrogen and oxygen atoms in total. The number of aldehydes is 1. The predicted molar refractivity (Wildman–Crippen MR) is 63.8 cm³/mol. The summed E-state index contributed by atoms with van der Waals surface area (Å²) in [4.78, 5) is 13.0. The number of hydrogen-bond donors (Lipinski definition) is 0. The second-order valence-corrected chi connectivity index (χ2v) is 5.54. The molecule has 0 spiro atoms. The molecule has 2 aliphatic heterocycles. The Kier molecular flexibility index (Phi) is 2.20. The molecular weight excluding hydrogens is 206 g/mol. The van der Waals surface area contributed by atoms with Crippen molar-refractivity contribution in [2.24, 2.45) is 0 Å². The zero-order chi connectivity index (χ0) is 10.3. The van der Waals surface area contributed by atoms with E-state index in [0.717, 1.165) is 23.1 Å². The van der Waals surface area contributed by atoms with Gasteiger partial charge in [-0.05, 0) is 30.7 Å². The monoisotopic (exact) mass is 219 g/mol. The number of thioether (sulfide) groups is 1. The number of fused-ring (bicyclic) bond motifs is 2. The Labute approximate surface area is 93.7 Å². The molecule has 3 heteroatoms. The highest BCUT2D eigenvalue weighted by Gasteiger charge is 2.38. The maximum absolute atomic E-state index is 10.5. The van der Waals surface area contributed by atoms with E-state index >= 15 is 0 Å². The Morgan fingerprint density at radius 3 is 2.67 bits per heavy atom. The molecule has 0 radical (unpaired) electrons. The normalized spacial score (nSPS) is 28.4. The molecule has 0 amide bonds. The van der Waals surface area contributed by atoms with Crippen molar-refractivity contribution >= 4 is 23.7 Å². The van der Waals surface area contributed by atoms with Crippen LogP contribution < -0.4 is 4.90 Å². The lowest BCUT2D eigenvalue weighted by Crippen LogP contribution is -2.33. The van der Waals surface area contributed by atoms with E-state index in [2.05, 4.69) is 28.8 Å². The number of hydrogen-bond acceptors (Lipinski definition) is 3. The average Bonchev–Trinajstić information content (AvgIpc) is 2.91. The van der Waals surface area contributed by atoms with Crippen LogP contribution in [0.1, 0.15) is 16.8 Å². The molecule has 2 unspecified atom stereocenters. The molecule has 1 aromatic rings. The van der Waals surface area contributed by atoms with Gasteiger partial charge in [0.15, 0.2) is 0 Å². The van der Waals surface area contributed by atoms with E-state index in [4.69, 9.17) is 0 Å². The third-order valence-corrected chi connectivity index (χ3v) is 4.65. The van der Waals surface area contributed by atoms with E-state index in [0.29, 0.717) is 0 Å². The lowest BCUT2D eigenvalue weighted by atomic mass is 10.2. The number of anilines is 1. The highest BCUT2D eigenvalue weighted by molar-refractivity contribution is 8.00. The van der Waals surface area contributed by atoms with Crippen molar-refractivity contribution in [1.29, 1.82) is 0 Å². The summed E-state index contributed by atoms with van der Waals surface area (Å²) in [6.45, 7) is 1.18. The summed E-state index contributed by atoms with van der Waals surface area (Å²) in [5.41, 5.74) is 2.03. The van der Waals surface area contributed by atoms with Crippen molar-refractivity contribution in [3.63, 3.8) is 0 Å². The number of carbonyl (C=O) groups excluding carboxylic acids is 1. The van der Waals surface area contributed by atoms with E-state index in [1.54, 1.807) is 0 Å². The maximum Gasteiger partial charge on any atom is 0.150 e. The summed E-state index contributed by atoms with van der Waals surface area (Å²) < 4.78 is 0. The van der Waals surface area contributed by atoms with Crippen LogP contribution in [-0.4, -0.2) is 29.9 Å². The van der Waals surface area contributed by atoms with E-state index in [-0.39, 0.29) is 0 Å². The molecule has 0 aromatic heterocycles. The van der Waals surface area contributed by atoms with Gasteiger partial charge < -0.3 is 4.90 Å². The van der Waals surface area contributed by atoms with Crippen molar-refractivity contribution in [3.05, 3.63) is 29.8 Å². The summed E-state index contributed by atoms with van der Waals surface area (Å²) in [5.74, 6) is 1.26. The zero-order valence-electron chi connectivity index (χ0n) is 8.43. The van der Waals surface area contributed by atoms with Gasteiger partial charge in [-0.25, -0.2) is 0 Å². The molecule has 78 valence electrons. The number of rotatable bonds is 2. The highest BCUT2D eigenvalue weighted by Crippen LogP contribution is 2.39. The number of benzene rings is 1. The van der Waals surface area contributed by atoms with Crippen LogP contribution in [0.4, 0.5) is 5.69 Å². The molecule has 2 heterocycles. The standard InChI is InChI=1S/C12H13NOS/c14-7-9-1-3-10(4-2-9)13-6-12-5-11(13)8-15-12/h1-4,7,11-12H,5-6,8H2. The third kappa shape index (κ3) is 1.55. The molecule has 0 N–H and O–H groups in total. The van der Waals surface area contributed by atoms with Crippen LogP contribution in [0.3, 0.4) is 0 Å². The van der Waals surface area contributed by atoms with Crippen molar-refractivity contribution in [2.45, 2.75) is 17.7 Å². The molecule has 15 heavy (non-hydrogen) atoms. The largest absolute Gasteiger partial charge is 0.367 e. The van der Waals surface area contributed by atoms with Gasteiger partial charge in [0, 0.05) is 34.8 Å². The second-order valence-electron chi connectivity index (χ2n) is 4.21. The van der Waals surface area contributed by atoms with Crippen molar-refractivity contribution in [3.8, 4) is 0 Å². The Morgan fingerprint density at radius 1 is 1.33 bits per heavy atom. The summed E-state index contributed by atoms with van der Waals surface area (Å²) >= 11 is 2.10. The first-order valence-corrected chi connectivity index (χ1v) is 6.35. The van der Waals surface area contributed by atoms with Gasteiger partial charge in [0.2, 0.25) is 0 Å². The molecule has 2 atom stereocenters. The van der Waals surface area contributed by atoms with Crippen LogP contribution in [-0.2, 0) is 0 Å². The van der Waals surface area contributed by atoms with E-state index in [9.17, 15) is 4.79 Å². The van der Waals surface area contributed by atoms with Gasteiger partial charge in [-0.2, -0.15) is 11.8 Å². The Bertz CT molecular complexity index is 376. The van der Waals surface area contributed by atoms with Gasteiger partial charge in [-0.1, -0.05) is 0 Å². The quantitative estimate of drug-likeness (QED) is 0.711. The van der Waals surface area contributed by atoms with Gasteiger partial charge in [-0.3, -0.25) is 4.79 Å². The molecular formula is C12H13NOS. The molecule has 0 aliphatic carbocycles. The lowest BCUT2D eigenvalue weighted by molar-refractivity contribution is 0.112. The van der Waals surface area contributed by atoms with E-state index < -0.39 is 0 Å². The minimum Gasteiger partial charge on any atom is -0.367 e. The Hall–Kier alpha value is -0.960.